The van der Waals surface area contributed by atoms with E-state index < -0.39 is 6.29 Å². The van der Waals surface area contributed by atoms with Crippen LogP contribution in [-0.2, 0) is 0 Å². The van der Waals surface area contributed by atoms with Crippen molar-refractivity contribution in [1.29, 1.82) is 0 Å². The molecule has 0 aromatic heterocycles. The van der Waals surface area contributed by atoms with E-state index in [0.29, 0.717) is 66.3 Å². The maximum atomic E-state index is 13.0. The Morgan fingerprint density at radius 3 is 1.97 bits per heavy atom. The van der Waals surface area contributed by atoms with E-state index in [1.54, 1.807) is 20.8 Å². The fourth-order valence-electron chi connectivity index (χ4n) is 4.77. The lowest BCUT2D eigenvalue weighted by Crippen LogP contribution is -2.15. The zero-order valence-electron chi connectivity index (χ0n) is 20.1. The number of aryl methyl sites for hydroxylation is 2. The van der Waals surface area contributed by atoms with Crippen LogP contribution in [0.2, 0.25) is 10.0 Å². The molecule has 1 aliphatic heterocycles. The summed E-state index contributed by atoms with van der Waals surface area (Å²) in [6.45, 7) is 12.6. The number of halogens is 2. The van der Waals surface area contributed by atoms with Crippen LogP contribution in [0.1, 0.15) is 50.8 Å². The summed E-state index contributed by atoms with van der Waals surface area (Å²) in [7, 11) is 0. The highest BCUT2D eigenvalue weighted by Gasteiger charge is 2.30. The van der Waals surface area contributed by atoms with Crippen LogP contribution in [-0.4, -0.2) is 15.3 Å². The normalized spacial score (nSPS) is 11.9. The molecule has 1 aliphatic carbocycles. The molecule has 0 amide bonds. The Balaban J connectivity index is 2.47. The van der Waals surface area contributed by atoms with Crippen molar-refractivity contribution < 1.29 is 19.7 Å². The first-order valence-electron chi connectivity index (χ1n) is 10.8. The molecule has 7 heteroatoms. The third kappa shape index (κ3) is 3.26. The van der Waals surface area contributed by atoms with Crippen molar-refractivity contribution in [3.8, 4) is 28.2 Å². The van der Waals surface area contributed by atoms with Crippen LogP contribution < -0.4 is 5.43 Å². The molecule has 34 heavy (non-hydrogen) atoms. The molecule has 0 bridgehead atoms. The average molecular weight is 501 g/mol. The number of aliphatic hydroxyl groups excluding tert-OH is 1. The third-order valence-corrected chi connectivity index (χ3v) is 7.92. The van der Waals surface area contributed by atoms with Crippen molar-refractivity contribution in [3.63, 3.8) is 0 Å². The smallest absolute Gasteiger partial charge is 0.188 e. The number of aliphatic hydroxyl groups is 2. The molecule has 0 saturated heterocycles. The van der Waals surface area contributed by atoms with E-state index in [-0.39, 0.29) is 21.8 Å². The Bertz CT molecular complexity index is 1550. The first-order valence-corrected chi connectivity index (χ1v) is 11.6. The highest BCUT2D eigenvalue weighted by atomic mass is 35.5. The zero-order valence-corrected chi connectivity index (χ0v) is 21.6. The lowest BCUT2D eigenvalue weighted by atomic mass is 9.82. The van der Waals surface area contributed by atoms with E-state index in [9.17, 15) is 20.1 Å². The van der Waals surface area contributed by atoms with Gasteiger partial charge in [0.05, 0.1) is 5.02 Å². The summed E-state index contributed by atoms with van der Waals surface area (Å²) in [4.78, 5) is 13.0. The quantitative estimate of drug-likeness (QED) is 0.210. The molecule has 3 N–H and O–H groups in total. The Kier molecular flexibility index (Phi) is 5.98. The summed E-state index contributed by atoms with van der Waals surface area (Å²) in [6.07, 6.45) is -1.83. The number of phenolic OH excluding ortho intramolecular Hbond substituents is 1. The van der Waals surface area contributed by atoms with Crippen molar-refractivity contribution in [1.82, 2.24) is 0 Å². The number of phenols is 1. The number of hydrogen-bond acceptors (Lipinski definition) is 5. The zero-order chi connectivity index (χ0) is 25.4. The first kappa shape index (κ1) is 24.6. The van der Waals surface area contributed by atoms with Gasteiger partial charge in [-0.25, -0.2) is 0 Å². The van der Waals surface area contributed by atoms with Gasteiger partial charge in [-0.05, 0) is 76.8 Å². The van der Waals surface area contributed by atoms with Crippen LogP contribution in [0.3, 0.4) is 0 Å². The third-order valence-electron chi connectivity index (χ3n) is 7.12. The number of hydrogen-bond donors (Lipinski definition) is 3. The Labute approximate surface area is 207 Å². The maximum absolute atomic E-state index is 13.0. The van der Waals surface area contributed by atoms with E-state index in [4.69, 9.17) is 27.6 Å². The molecular weight excluding hydrogens is 475 g/mol. The molecule has 0 atom stereocenters. The van der Waals surface area contributed by atoms with E-state index in [0.717, 1.165) is 11.1 Å². The molecule has 5 nitrogen and oxygen atoms in total. The molecular formula is C27H26Cl2O5. The maximum Gasteiger partial charge on any atom is 0.188 e. The molecule has 0 unspecified atom stereocenters. The largest absolute Gasteiger partial charge is 0.507 e. The highest BCUT2D eigenvalue weighted by molar-refractivity contribution is 6.37. The minimum absolute atomic E-state index is 0.0748. The number of fused-ring (bicyclic) bond motifs is 2. The van der Waals surface area contributed by atoms with Crippen LogP contribution in [0, 0.1) is 48.5 Å². The second-order valence-corrected chi connectivity index (χ2v) is 9.73. The molecule has 2 aromatic carbocycles. The Morgan fingerprint density at radius 2 is 1.38 bits per heavy atom. The van der Waals surface area contributed by atoms with Gasteiger partial charge in [0, 0.05) is 49.4 Å². The van der Waals surface area contributed by atoms with Gasteiger partial charge in [-0.3, -0.25) is 4.79 Å². The number of rotatable bonds is 2. The Hall–Kier alpha value is -2.57. The van der Waals surface area contributed by atoms with Gasteiger partial charge in [0.2, 0.25) is 0 Å². The Morgan fingerprint density at radius 1 is 0.765 bits per heavy atom. The van der Waals surface area contributed by atoms with Crippen LogP contribution in [0.5, 0.6) is 5.75 Å². The van der Waals surface area contributed by atoms with Crippen molar-refractivity contribution in [2.75, 3.05) is 0 Å². The van der Waals surface area contributed by atoms with E-state index in [1.165, 1.54) is 6.07 Å². The molecule has 0 spiro atoms. The highest BCUT2D eigenvalue weighted by Crippen LogP contribution is 2.51. The molecule has 1 heterocycles. The second kappa shape index (κ2) is 8.28. The van der Waals surface area contributed by atoms with Crippen molar-refractivity contribution in [3.05, 3.63) is 70.8 Å². The van der Waals surface area contributed by atoms with Crippen molar-refractivity contribution in [2.24, 2.45) is 0 Å². The fourth-order valence-corrected chi connectivity index (χ4v) is 5.37. The lowest BCUT2D eigenvalue weighted by molar-refractivity contribution is -0.0423. The van der Waals surface area contributed by atoms with Crippen LogP contribution in [0.25, 0.3) is 33.4 Å². The van der Waals surface area contributed by atoms with Crippen LogP contribution >= 0.6 is 23.2 Å². The minimum Gasteiger partial charge on any atom is -0.507 e. The summed E-state index contributed by atoms with van der Waals surface area (Å²) in [5.74, 6) is 0.506. The average Bonchev–Trinajstić information content (AvgIpc) is 2.79. The van der Waals surface area contributed by atoms with Crippen LogP contribution in [0.4, 0.5) is 0 Å². The van der Waals surface area contributed by atoms with E-state index in [2.05, 4.69) is 0 Å². The van der Waals surface area contributed by atoms with Gasteiger partial charge < -0.3 is 19.7 Å². The summed E-state index contributed by atoms with van der Waals surface area (Å²) in [5, 5.41) is 32.0. The molecule has 2 aliphatic rings. The van der Waals surface area contributed by atoms with E-state index >= 15 is 0 Å². The molecule has 4 rings (SSSR count). The molecule has 0 radical (unpaired) electrons. The SMILES string of the molecule is Cc1c(Cl)cc(C(O)O)c(Cl)c1-c1c2c(C)c(C)c(=O)c(C)c-2oc2c(C)c(O)c(C)c(C)c12. The number of aromatic hydroxyl groups is 1. The van der Waals surface area contributed by atoms with Gasteiger partial charge in [-0.2, -0.15) is 0 Å². The van der Waals surface area contributed by atoms with Gasteiger partial charge in [-0.1, -0.05) is 23.2 Å². The fraction of sp³-hybridized carbons (Fsp3) is 0.296. The standard InChI is InChI=1S/C27H26Cl2O5/c1-9-11(3)23(30)14(6)25-19(9)21(18-13(5)17(28)8-16(22(18)29)27(32)33)20-10(2)12(4)24(31)15(7)26(20)34-25/h8,27,30,32-33H,1-7H3. The van der Waals surface area contributed by atoms with E-state index in [1.807, 2.05) is 27.7 Å². The summed E-state index contributed by atoms with van der Waals surface area (Å²) in [5.41, 5.74) is 6.68. The minimum atomic E-state index is -1.83. The van der Waals surface area contributed by atoms with Gasteiger partial charge in [0.25, 0.3) is 0 Å². The lowest BCUT2D eigenvalue weighted by Gasteiger charge is -2.25. The summed E-state index contributed by atoms with van der Waals surface area (Å²) >= 11 is 13.4. The van der Waals surface area contributed by atoms with Crippen LogP contribution in [0.15, 0.2) is 15.3 Å². The summed E-state index contributed by atoms with van der Waals surface area (Å²) in [6, 6.07) is 1.44. The van der Waals surface area contributed by atoms with Gasteiger partial charge in [-0.15, -0.1) is 0 Å². The predicted molar refractivity (Wildman–Crippen MR) is 137 cm³/mol. The predicted octanol–water partition coefficient (Wildman–Crippen LogP) is 6.72. The second-order valence-electron chi connectivity index (χ2n) is 8.95. The first-order chi connectivity index (χ1) is 15.8. The van der Waals surface area contributed by atoms with Crippen molar-refractivity contribution >= 4 is 34.2 Å². The van der Waals surface area contributed by atoms with Gasteiger partial charge >= 0.3 is 0 Å². The van der Waals surface area contributed by atoms with Gasteiger partial charge in [0.1, 0.15) is 17.1 Å². The monoisotopic (exact) mass is 500 g/mol. The van der Waals surface area contributed by atoms with Gasteiger partial charge in [0.15, 0.2) is 11.7 Å². The topological polar surface area (TPSA) is 90.9 Å². The molecule has 0 fully saturated rings. The van der Waals surface area contributed by atoms with Crippen molar-refractivity contribution in [2.45, 2.75) is 54.8 Å². The molecule has 2 aromatic rings. The number of benzene rings is 3. The summed E-state index contributed by atoms with van der Waals surface area (Å²) < 4.78 is 6.36. The molecule has 0 saturated carbocycles. The molecule has 178 valence electrons.